The average molecular weight is 283 g/mol. The molecule has 0 aliphatic rings. The van der Waals surface area contributed by atoms with Crippen molar-refractivity contribution < 1.29 is 9.34 Å². The molecule has 1 aromatic heterocycles. The number of nitrogens with zero attached hydrogens (tertiary/aromatic N) is 2. The fourth-order valence-corrected chi connectivity index (χ4v) is 1.87. The van der Waals surface area contributed by atoms with E-state index in [1.165, 1.54) is 12.1 Å². The molecule has 0 saturated carbocycles. The van der Waals surface area contributed by atoms with E-state index in [1.54, 1.807) is 19.1 Å². The fourth-order valence-electron chi connectivity index (χ4n) is 1.32. The van der Waals surface area contributed by atoms with Crippen molar-refractivity contribution in [1.82, 2.24) is 4.98 Å². The van der Waals surface area contributed by atoms with Gasteiger partial charge >= 0.3 is 0 Å². The molecule has 0 bridgehead atoms. The van der Waals surface area contributed by atoms with Gasteiger partial charge in [-0.15, -0.1) is 0 Å². The zero-order valence-electron chi connectivity index (χ0n) is 8.31. The number of benzene rings is 1. The van der Waals surface area contributed by atoms with Gasteiger partial charge in [0.25, 0.3) is 5.69 Å². The van der Waals surface area contributed by atoms with Gasteiger partial charge in [-0.3, -0.25) is 10.1 Å². The molecule has 0 radical (unpaired) electrons. The molecule has 1 heterocycles. The molecule has 0 saturated heterocycles. The second-order valence-electron chi connectivity index (χ2n) is 3.16. The second-order valence-corrected chi connectivity index (χ2v) is 3.88. The maximum absolute atomic E-state index is 10.5. The lowest BCUT2D eigenvalue weighted by Gasteiger charge is -1.96. The number of hydrogen-bond acceptors (Lipinski definition) is 4. The molecule has 2 aromatic rings. The molecule has 0 atom stereocenters. The number of nitro benzene ring substituents is 1. The van der Waals surface area contributed by atoms with Gasteiger partial charge in [0, 0.05) is 24.6 Å². The van der Waals surface area contributed by atoms with Gasteiger partial charge < -0.3 is 4.42 Å². The molecule has 16 heavy (non-hydrogen) atoms. The SMILES string of the molecule is Cc1nc(-c2ccc([N+](=O)[O-])cc2)c(Br)o1. The average Bonchev–Trinajstić information content (AvgIpc) is 2.58. The van der Waals surface area contributed by atoms with Crippen LogP contribution in [-0.4, -0.2) is 9.91 Å². The van der Waals surface area contributed by atoms with Crippen molar-refractivity contribution in [1.29, 1.82) is 0 Å². The smallest absolute Gasteiger partial charge is 0.269 e. The van der Waals surface area contributed by atoms with Crippen molar-refractivity contribution in [3.8, 4) is 11.3 Å². The highest BCUT2D eigenvalue weighted by Crippen LogP contribution is 2.29. The number of rotatable bonds is 2. The second kappa shape index (κ2) is 4.05. The number of oxazole rings is 1. The van der Waals surface area contributed by atoms with E-state index < -0.39 is 4.92 Å². The molecular formula is C10H7BrN2O3. The molecule has 1 aromatic carbocycles. The molecule has 0 aliphatic carbocycles. The quantitative estimate of drug-likeness (QED) is 0.626. The highest BCUT2D eigenvalue weighted by molar-refractivity contribution is 9.10. The third kappa shape index (κ3) is 1.96. The van der Waals surface area contributed by atoms with Crippen LogP contribution in [0.2, 0.25) is 0 Å². The summed E-state index contributed by atoms with van der Waals surface area (Å²) >= 11 is 3.24. The highest BCUT2D eigenvalue weighted by atomic mass is 79.9. The molecule has 0 unspecified atom stereocenters. The number of aromatic nitrogens is 1. The Morgan fingerprint density at radius 1 is 1.38 bits per heavy atom. The van der Waals surface area contributed by atoms with Gasteiger partial charge in [0.2, 0.25) is 0 Å². The Kier molecular flexibility index (Phi) is 2.74. The third-order valence-electron chi connectivity index (χ3n) is 2.04. The van der Waals surface area contributed by atoms with Crippen molar-refractivity contribution in [2.75, 3.05) is 0 Å². The highest BCUT2D eigenvalue weighted by Gasteiger charge is 2.12. The summed E-state index contributed by atoms with van der Waals surface area (Å²) in [6, 6.07) is 6.15. The van der Waals surface area contributed by atoms with E-state index in [1.807, 2.05) is 0 Å². The Morgan fingerprint density at radius 2 is 2.00 bits per heavy atom. The van der Waals surface area contributed by atoms with Crippen LogP contribution in [0.15, 0.2) is 33.4 Å². The summed E-state index contributed by atoms with van der Waals surface area (Å²) in [7, 11) is 0. The van der Waals surface area contributed by atoms with Crippen LogP contribution in [0.4, 0.5) is 5.69 Å². The topological polar surface area (TPSA) is 69.2 Å². The van der Waals surface area contributed by atoms with Crippen LogP contribution in [0.25, 0.3) is 11.3 Å². The summed E-state index contributed by atoms with van der Waals surface area (Å²) in [6.07, 6.45) is 0. The summed E-state index contributed by atoms with van der Waals surface area (Å²) in [5.41, 5.74) is 1.47. The Bertz CT molecular complexity index is 533. The summed E-state index contributed by atoms with van der Waals surface area (Å²) < 4.78 is 5.74. The molecule has 0 fully saturated rings. The van der Waals surface area contributed by atoms with E-state index in [2.05, 4.69) is 20.9 Å². The number of aryl methyl sites for hydroxylation is 1. The van der Waals surface area contributed by atoms with E-state index in [0.29, 0.717) is 16.3 Å². The van der Waals surface area contributed by atoms with Crippen molar-refractivity contribution in [3.05, 3.63) is 44.9 Å². The zero-order chi connectivity index (χ0) is 11.7. The first-order valence-electron chi connectivity index (χ1n) is 4.45. The minimum absolute atomic E-state index is 0.0556. The van der Waals surface area contributed by atoms with Crippen molar-refractivity contribution in [2.45, 2.75) is 6.92 Å². The monoisotopic (exact) mass is 282 g/mol. The number of nitro groups is 1. The minimum atomic E-state index is -0.438. The Labute approximate surface area is 99.4 Å². The normalized spacial score (nSPS) is 10.4. The maximum Gasteiger partial charge on any atom is 0.269 e. The van der Waals surface area contributed by atoms with E-state index in [4.69, 9.17) is 4.42 Å². The fraction of sp³-hybridized carbons (Fsp3) is 0.100. The number of non-ortho nitro benzene ring substituents is 1. The van der Waals surface area contributed by atoms with Gasteiger partial charge in [0.05, 0.1) is 4.92 Å². The Balaban J connectivity index is 2.42. The van der Waals surface area contributed by atoms with Crippen LogP contribution < -0.4 is 0 Å². The van der Waals surface area contributed by atoms with Gasteiger partial charge in [-0.2, -0.15) is 0 Å². The van der Waals surface area contributed by atoms with Gasteiger partial charge in [0.15, 0.2) is 10.6 Å². The number of halogens is 1. The van der Waals surface area contributed by atoms with Crippen LogP contribution >= 0.6 is 15.9 Å². The predicted molar refractivity (Wildman–Crippen MR) is 61.0 cm³/mol. The first kappa shape index (κ1) is 10.8. The van der Waals surface area contributed by atoms with Crippen LogP contribution in [0.1, 0.15) is 5.89 Å². The van der Waals surface area contributed by atoms with E-state index in [-0.39, 0.29) is 5.69 Å². The standard InChI is InChI=1S/C10H7BrN2O3/c1-6-12-9(10(11)16-6)7-2-4-8(5-3-7)13(14)15/h2-5H,1H3. The Hall–Kier alpha value is -1.69. The molecule has 0 amide bonds. The molecule has 5 nitrogen and oxygen atoms in total. The van der Waals surface area contributed by atoms with Crippen LogP contribution in [0.5, 0.6) is 0 Å². The molecule has 0 spiro atoms. The summed E-state index contributed by atoms with van der Waals surface area (Å²) in [6.45, 7) is 1.74. The largest absolute Gasteiger partial charge is 0.434 e. The van der Waals surface area contributed by atoms with Gasteiger partial charge in [-0.1, -0.05) is 0 Å². The van der Waals surface area contributed by atoms with Crippen molar-refractivity contribution in [3.63, 3.8) is 0 Å². The van der Waals surface area contributed by atoms with E-state index >= 15 is 0 Å². The molecular weight excluding hydrogens is 276 g/mol. The molecule has 2 rings (SSSR count). The molecule has 6 heteroatoms. The van der Waals surface area contributed by atoms with E-state index in [0.717, 1.165) is 5.56 Å². The predicted octanol–water partition coefficient (Wildman–Crippen LogP) is 3.32. The summed E-state index contributed by atoms with van der Waals surface area (Å²) in [5, 5.41) is 10.5. The van der Waals surface area contributed by atoms with Crippen LogP contribution in [-0.2, 0) is 0 Å². The maximum atomic E-state index is 10.5. The van der Waals surface area contributed by atoms with Gasteiger partial charge in [-0.25, -0.2) is 4.98 Å². The minimum Gasteiger partial charge on any atom is -0.434 e. The van der Waals surface area contributed by atoms with Gasteiger partial charge in [0.1, 0.15) is 5.69 Å². The first-order valence-corrected chi connectivity index (χ1v) is 5.25. The van der Waals surface area contributed by atoms with Crippen molar-refractivity contribution in [2.24, 2.45) is 0 Å². The van der Waals surface area contributed by atoms with E-state index in [9.17, 15) is 10.1 Å². The molecule has 0 aliphatic heterocycles. The molecule has 82 valence electrons. The van der Waals surface area contributed by atoms with Crippen molar-refractivity contribution >= 4 is 21.6 Å². The van der Waals surface area contributed by atoms with Crippen LogP contribution in [0, 0.1) is 17.0 Å². The van der Waals surface area contributed by atoms with Gasteiger partial charge in [-0.05, 0) is 28.1 Å². The molecule has 0 N–H and O–H groups in total. The first-order chi connectivity index (χ1) is 7.58. The lowest BCUT2D eigenvalue weighted by molar-refractivity contribution is -0.384. The summed E-state index contributed by atoms with van der Waals surface area (Å²) in [5.74, 6) is 0.542. The lowest BCUT2D eigenvalue weighted by atomic mass is 10.1. The third-order valence-corrected chi connectivity index (χ3v) is 2.58. The Morgan fingerprint density at radius 3 is 2.44 bits per heavy atom. The van der Waals surface area contributed by atoms with Crippen LogP contribution in [0.3, 0.4) is 0 Å². The lowest BCUT2D eigenvalue weighted by Crippen LogP contribution is -1.87. The number of hydrogen-bond donors (Lipinski definition) is 0. The summed E-state index contributed by atoms with van der Waals surface area (Å²) in [4.78, 5) is 14.2. The zero-order valence-corrected chi connectivity index (χ0v) is 9.89.